The summed E-state index contributed by atoms with van der Waals surface area (Å²) in [5.41, 5.74) is 11.1. The second kappa shape index (κ2) is 9.68. The second-order valence-electron chi connectivity index (χ2n) is 3.61. The van der Waals surface area contributed by atoms with Gasteiger partial charge in [0.2, 0.25) is 5.91 Å². The van der Waals surface area contributed by atoms with Gasteiger partial charge >= 0.3 is 0 Å². The van der Waals surface area contributed by atoms with Gasteiger partial charge in [-0.1, -0.05) is 12.5 Å². The minimum absolute atomic E-state index is 0.0592. The van der Waals surface area contributed by atoms with E-state index in [0.717, 1.165) is 25.7 Å². The Morgan fingerprint density at radius 3 is 2.73 bits per heavy atom. The van der Waals surface area contributed by atoms with Crippen LogP contribution in [-0.2, 0) is 4.79 Å². The summed E-state index contributed by atoms with van der Waals surface area (Å²) in [4.78, 5) is 11.4. The lowest BCUT2D eigenvalue weighted by Gasteiger charge is -2.11. The number of unbranched alkanes of at least 4 members (excludes halogenated alkanes) is 2. The molecule has 0 rings (SSSR count). The van der Waals surface area contributed by atoms with E-state index in [1.807, 2.05) is 6.08 Å². The van der Waals surface area contributed by atoms with E-state index in [2.05, 4.69) is 11.9 Å². The molecule has 0 saturated heterocycles. The van der Waals surface area contributed by atoms with Crippen molar-refractivity contribution in [2.45, 2.75) is 38.1 Å². The summed E-state index contributed by atoms with van der Waals surface area (Å²) >= 11 is 0. The highest BCUT2D eigenvalue weighted by Gasteiger charge is 2.11. The van der Waals surface area contributed by atoms with Crippen LogP contribution in [0.25, 0.3) is 0 Å². The van der Waals surface area contributed by atoms with Gasteiger partial charge in [0.1, 0.15) is 0 Å². The van der Waals surface area contributed by atoms with Gasteiger partial charge in [0, 0.05) is 6.54 Å². The predicted molar refractivity (Wildman–Crippen MR) is 63.3 cm³/mol. The third kappa shape index (κ3) is 8.15. The fourth-order valence-corrected chi connectivity index (χ4v) is 1.23. The molecule has 0 heterocycles. The van der Waals surface area contributed by atoms with Crippen LogP contribution in [0, 0.1) is 0 Å². The molecule has 0 aromatic carbocycles. The van der Waals surface area contributed by atoms with Crippen molar-refractivity contribution >= 4 is 5.91 Å². The first-order chi connectivity index (χ1) is 7.22. The van der Waals surface area contributed by atoms with Crippen molar-refractivity contribution in [1.29, 1.82) is 0 Å². The molecule has 0 aliphatic heterocycles. The van der Waals surface area contributed by atoms with Crippen molar-refractivity contribution < 1.29 is 4.79 Å². The number of rotatable bonds is 9. The van der Waals surface area contributed by atoms with Gasteiger partial charge in [0.25, 0.3) is 0 Å². The summed E-state index contributed by atoms with van der Waals surface area (Å²) in [6.07, 6.45) is 6.24. The van der Waals surface area contributed by atoms with Crippen molar-refractivity contribution in [2.75, 3.05) is 13.1 Å². The van der Waals surface area contributed by atoms with Crippen LogP contribution in [0.5, 0.6) is 0 Å². The van der Waals surface area contributed by atoms with Gasteiger partial charge in [-0.15, -0.1) is 6.58 Å². The normalized spacial score (nSPS) is 12.1. The highest BCUT2D eigenvalue weighted by atomic mass is 16.2. The lowest BCUT2D eigenvalue weighted by atomic mass is 10.1. The zero-order valence-electron chi connectivity index (χ0n) is 9.37. The van der Waals surface area contributed by atoms with Crippen LogP contribution in [-0.4, -0.2) is 25.0 Å². The zero-order valence-corrected chi connectivity index (χ0v) is 9.37. The third-order valence-corrected chi connectivity index (χ3v) is 2.19. The lowest BCUT2D eigenvalue weighted by Crippen LogP contribution is -2.40. The van der Waals surface area contributed by atoms with Crippen molar-refractivity contribution in [1.82, 2.24) is 5.32 Å². The molecule has 1 atom stereocenters. The maximum atomic E-state index is 11.4. The van der Waals surface area contributed by atoms with Crippen molar-refractivity contribution in [3.05, 3.63) is 12.7 Å². The van der Waals surface area contributed by atoms with Gasteiger partial charge < -0.3 is 16.8 Å². The van der Waals surface area contributed by atoms with Gasteiger partial charge in [-0.05, 0) is 32.2 Å². The molecule has 0 aliphatic carbocycles. The Morgan fingerprint density at radius 2 is 2.13 bits per heavy atom. The van der Waals surface area contributed by atoms with E-state index in [1.54, 1.807) is 0 Å². The first kappa shape index (κ1) is 14.1. The summed E-state index contributed by atoms with van der Waals surface area (Å²) in [7, 11) is 0. The standard InChI is InChI=1S/C11H23N3O/c1-2-3-6-9-14-11(15)10(13)7-4-5-8-12/h2,10H,1,3-9,12-13H2,(H,14,15)/t10-/m1/s1. The average Bonchev–Trinajstić information content (AvgIpc) is 2.24. The Balaban J connectivity index is 3.46. The van der Waals surface area contributed by atoms with Crippen LogP contribution >= 0.6 is 0 Å². The molecule has 0 aromatic heterocycles. The number of hydrogen-bond donors (Lipinski definition) is 3. The summed E-state index contributed by atoms with van der Waals surface area (Å²) in [6, 6.07) is -0.389. The first-order valence-electron chi connectivity index (χ1n) is 5.56. The molecule has 15 heavy (non-hydrogen) atoms. The molecule has 88 valence electrons. The first-order valence-corrected chi connectivity index (χ1v) is 5.56. The summed E-state index contributed by atoms with van der Waals surface area (Å²) in [6.45, 7) is 4.95. The molecular formula is C11H23N3O. The number of carbonyl (C=O) groups is 1. The van der Waals surface area contributed by atoms with Crippen molar-refractivity contribution in [2.24, 2.45) is 11.5 Å². The molecule has 0 spiro atoms. The smallest absolute Gasteiger partial charge is 0.236 e. The monoisotopic (exact) mass is 213 g/mol. The molecule has 0 saturated carbocycles. The number of carbonyl (C=O) groups excluding carboxylic acids is 1. The van der Waals surface area contributed by atoms with Gasteiger partial charge in [-0.25, -0.2) is 0 Å². The van der Waals surface area contributed by atoms with Gasteiger partial charge in [0.15, 0.2) is 0 Å². The van der Waals surface area contributed by atoms with Crippen LogP contribution < -0.4 is 16.8 Å². The van der Waals surface area contributed by atoms with Crippen LogP contribution in [0.1, 0.15) is 32.1 Å². The molecule has 4 nitrogen and oxygen atoms in total. The molecule has 5 N–H and O–H groups in total. The molecule has 4 heteroatoms. The fraction of sp³-hybridized carbons (Fsp3) is 0.727. The quantitative estimate of drug-likeness (QED) is 0.386. The molecule has 1 amide bonds. The molecular weight excluding hydrogens is 190 g/mol. The van der Waals surface area contributed by atoms with Crippen molar-refractivity contribution in [3.63, 3.8) is 0 Å². The van der Waals surface area contributed by atoms with Gasteiger partial charge in [0.05, 0.1) is 6.04 Å². The van der Waals surface area contributed by atoms with Crippen LogP contribution in [0.4, 0.5) is 0 Å². The van der Waals surface area contributed by atoms with E-state index in [0.29, 0.717) is 19.5 Å². The maximum absolute atomic E-state index is 11.4. The summed E-state index contributed by atoms with van der Waals surface area (Å²) in [5, 5.41) is 2.80. The van der Waals surface area contributed by atoms with Gasteiger partial charge in [-0.2, -0.15) is 0 Å². The number of hydrogen-bond acceptors (Lipinski definition) is 3. The van der Waals surface area contributed by atoms with E-state index in [1.165, 1.54) is 0 Å². The lowest BCUT2D eigenvalue weighted by molar-refractivity contribution is -0.122. The number of nitrogens with two attached hydrogens (primary N) is 2. The fourth-order valence-electron chi connectivity index (χ4n) is 1.23. The summed E-state index contributed by atoms with van der Waals surface area (Å²) < 4.78 is 0. The Labute approximate surface area is 92.1 Å². The Hall–Kier alpha value is -0.870. The van der Waals surface area contributed by atoms with Crippen molar-refractivity contribution in [3.8, 4) is 0 Å². The van der Waals surface area contributed by atoms with E-state index < -0.39 is 0 Å². The van der Waals surface area contributed by atoms with Gasteiger partial charge in [-0.3, -0.25) is 4.79 Å². The number of nitrogens with one attached hydrogen (secondary N) is 1. The van der Waals surface area contributed by atoms with E-state index in [9.17, 15) is 4.79 Å². The third-order valence-electron chi connectivity index (χ3n) is 2.19. The number of allylic oxidation sites excluding steroid dienone is 1. The molecule has 0 aliphatic rings. The largest absolute Gasteiger partial charge is 0.355 e. The SMILES string of the molecule is C=CCCCNC(=O)[C@H](N)CCCCN. The molecule has 0 aromatic rings. The van der Waals surface area contributed by atoms with E-state index in [-0.39, 0.29) is 11.9 Å². The highest BCUT2D eigenvalue weighted by molar-refractivity contribution is 5.81. The van der Waals surface area contributed by atoms with E-state index >= 15 is 0 Å². The minimum Gasteiger partial charge on any atom is -0.355 e. The number of amides is 1. The van der Waals surface area contributed by atoms with Crippen LogP contribution in [0.2, 0.25) is 0 Å². The summed E-state index contributed by atoms with van der Waals surface area (Å²) in [5.74, 6) is -0.0592. The van der Waals surface area contributed by atoms with Crippen LogP contribution in [0.15, 0.2) is 12.7 Å². The Kier molecular flexibility index (Phi) is 9.11. The molecule has 0 radical (unpaired) electrons. The molecule has 0 fully saturated rings. The highest BCUT2D eigenvalue weighted by Crippen LogP contribution is 1.98. The minimum atomic E-state index is -0.389. The molecule has 0 bridgehead atoms. The second-order valence-corrected chi connectivity index (χ2v) is 3.61. The Morgan fingerprint density at radius 1 is 1.40 bits per heavy atom. The maximum Gasteiger partial charge on any atom is 0.236 e. The Bertz CT molecular complexity index is 183. The zero-order chi connectivity index (χ0) is 11.5. The average molecular weight is 213 g/mol. The topological polar surface area (TPSA) is 81.1 Å². The van der Waals surface area contributed by atoms with E-state index in [4.69, 9.17) is 11.5 Å². The molecule has 0 unspecified atom stereocenters. The van der Waals surface area contributed by atoms with Crippen LogP contribution in [0.3, 0.4) is 0 Å². The predicted octanol–water partition coefficient (Wildman–Crippen LogP) is 0.525.